The first kappa shape index (κ1) is 21.1. The average Bonchev–Trinajstić information content (AvgIpc) is 3.31. The summed E-state index contributed by atoms with van der Waals surface area (Å²) in [6, 6.07) is 24.2. The molecule has 2 aromatic heterocycles. The Morgan fingerprint density at radius 2 is 1.53 bits per heavy atom. The van der Waals surface area contributed by atoms with Crippen molar-refractivity contribution in [2.45, 2.75) is 6.92 Å². The van der Waals surface area contributed by atoms with Crippen molar-refractivity contribution in [2.24, 2.45) is 0 Å². The fraction of sp³-hybridized carbons (Fsp3) is 0.0769. The summed E-state index contributed by atoms with van der Waals surface area (Å²) in [6.07, 6.45) is 1.71. The van der Waals surface area contributed by atoms with Gasteiger partial charge in [0.2, 0.25) is 0 Å². The van der Waals surface area contributed by atoms with Crippen LogP contribution in [0.2, 0.25) is 0 Å². The largest absolute Gasteiger partial charge is 0.497 e. The van der Waals surface area contributed by atoms with Crippen molar-refractivity contribution >= 4 is 17.2 Å². The molecule has 2 heterocycles. The summed E-state index contributed by atoms with van der Waals surface area (Å²) in [5.74, 6) is 1.81. The number of aromatic nitrogens is 4. The maximum Gasteiger partial charge on any atom is 0.278 e. The van der Waals surface area contributed by atoms with E-state index in [0.717, 1.165) is 22.6 Å². The molecule has 0 aliphatic rings. The summed E-state index contributed by atoms with van der Waals surface area (Å²) in [4.78, 5) is 12.9. The molecule has 1 N–H and O–H groups in total. The van der Waals surface area contributed by atoms with E-state index < -0.39 is 0 Å². The number of anilines is 1. The maximum atomic E-state index is 12.9. The number of carbonyl (C=O) groups is 1. The zero-order valence-electron chi connectivity index (χ0n) is 18.6. The second kappa shape index (κ2) is 9.03. The Morgan fingerprint density at radius 1 is 0.853 bits per heavy atom. The van der Waals surface area contributed by atoms with Crippen molar-refractivity contribution in [3.63, 3.8) is 0 Å². The van der Waals surface area contributed by atoms with Crippen molar-refractivity contribution in [1.29, 1.82) is 0 Å². The van der Waals surface area contributed by atoms with Crippen LogP contribution in [0.3, 0.4) is 0 Å². The fourth-order valence-corrected chi connectivity index (χ4v) is 3.56. The number of ether oxygens (including phenoxy) is 2. The van der Waals surface area contributed by atoms with Crippen LogP contribution in [0.5, 0.6) is 17.2 Å². The number of nitrogens with zero attached hydrogens (tertiary/aromatic N) is 4. The molecule has 168 valence electrons. The molecule has 5 aromatic rings. The summed E-state index contributed by atoms with van der Waals surface area (Å²) in [5, 5.41) is 15.8. The van der Waals surface area contributed by atoms with Crippen molar-refractivity contribution < 1.29 is 14.3 Å². The molecule has 0 saturated carbocycles. The second-order valence-electron chi connectivity index (χ2n) is 7.55. The number of hydrogen-bond donors (Lipinski definition) is 1. The van der Waals surface area contributed by atoms with Gasteiger partial charge in [-0.05, 0) is 61.0 Å². The third-order valence-electron chi connectivity index (χ3n) is 5.36. The minimum atomic E-state index is -0.370. The SMILES string of the molecule is COc1ccc(-c2cnn3c(C)c(C(=O)Nc4ccc(Oc5ccccc5)cc4)nnc23)cc1. The minimum Gasteiger partial charge on any atom is -0.497 e. The lowest BCUT2D eigenvalue weighted by Gasteiger charge is -2.09. The van der Waals surface area contributed by atoms with E-state index in [1.807, 2.05) is 54.6 Å². The summed E-state index contributed by atoms with van der Waals surface area (Å²) in [7, 11) is 1.62. The second-order valence-corrected chi connectivity index (χ2v) is 7.55. The quantitative estimate of drug-likeness (QED) is 0.384. The topological polar surface area (TPSA) is 90.6 Å². The number of rotatable bonds is 6. The van der Waals surface area contributed by atoms with Crippen LogP contribution in [-0.2, 0) is 0 Å². The molecular weight excluding hydrogens is 430 g/mol. The first-order valence-electron chi connectivity index (χ1n) is 10.6. The number of carbonyl (C=O) groups excluding carboxylic acids is 1. The van der Waals surface area contributed by atoms with Crippen LogP contribution in [0, 0.1) is 6.92 Å². The van der Waals surface area contributed by atoms with Gasteiger partial charge in [-0.15, -0.1) is 10.2 Å². The predicted octanol–water partition coefficient (Wildman–Crippen LogP) is 5.15. The van der Waals surface area contributed by atoms with E-state index in [-0.39, 0.29) is 11.6 Å². The highest BCUT2D eigenvalue weighted by molar-refractivity contribution is 6.03. The van der Waals surface area contributed by atoms with Crippen LogP contribution in [0.4, 0.5) is 5.69 Å². The van der Waals surface area contributed by atoms with Crippen LogP contribution < -0.4 is 14.8 Å². The standard InChI is InChI=1S/C26H21N5O3/c1-17-24(26(32)28-19-10-14-22(15-11-19)34-21-6-4-3-5-7-21)29-30-25-23(16-27-31(17)25)18-8-12-20(33-2)13-9-18/h3-16H,1-2H3,(H,28,32). The number of amides is 1. The van der Waals surface area contributed by atoms with Crippen molar-refractivity contribution in [3.05, 3.63) is 96.4 Å². The van der Waals surface area contributed by atoms with E-state index in [2.05, 4.69) is 20.6 Å². The van der Waals surface area contributed by atoms with Gasteiger partial charge in [-0.2, -0.15) is 5.10 Å². The lowest BCUT2D eigenvalue weighted by Crippen LogP contribution is -2.18. The molecule has 0 radical (unpaired) electrons. The number of aryl methyl sites for hydroxylation is 1. The molecule has 0 spiro atoms. The zero-order valence-corrected chi connectivity index (χ0v) is 18.6. The number of para-hydroxylation sites is 1. The van der Waals surface area contributed by atoms with Crippen LogP contribution in [0.1, 0.15) is 16.2 Å². The Bertz CT molecular complexity index is 1450. The van der Waals surface area contributed by atoms with Gasteiger partial charge in [-0.1, -0.05) is 30.3 Å². The van der Waals surface area contributed by atoms with Crippen molar-refractivity contribution in [1.82, 2.24) is 19.8 Å². The van der Waals surface area contributed by atoms with Crippen LogP contribution in [0.25, 0.3) is 16.8 Å². The number of fused-ring (bicyclic) bond motifs is 1. The average molecular weight is 451 g/mol. The number of hydrogen-bond acceptors (Lipinski definition) is 6. The molecule has 0 aliphatic carbocycles. The highest BCUT2D eigenvalue weighted by atomic mass is 16.5. The van der Waals surface area contributed by atoms with Crippen LogP contribution in [-0.4, -0.2) is 32.8 Å². The van der Waals surface area contributed by atoms with E-state index >= 15 is 0 Å². The highest BCUT2D eigenvalue weighted by Gasteiger charge is 2.18. The molecule has 5 rings (SSSR count). The smallest absolute Gasteiger partial charge is 0.278 e. The van der Waals surface area contributed by atoms with E-state index in [1.54, 1.807) is 49.0 Å². The minimum absolute atomic E-state index is 0.196. The Balaban J connectivity index is 1.34. The Hall–Kier alpha value is -4.72. The summed E-state index contributed by atoms with van der Waals surface area (Å²) in [6.45, 7) is 1.79. The predicted molar refractivity (Wildman–Crippen MR) is 128 cm³/mol. The monoisotopic (exact) mass is 451 g/mol. The van der Waals surface area contributed by atoms with Gasteiger partial charge in [-0.25, -0.2) is 4.52 Å². The van der Waals surface area contributed by atoms with Gasteiger partial charge in [0.25, 0.3) is 5.91 Å². The molecule has 3 aromatic carbocycles. The Morgan fingerprint density at radius 3 is 2.24 bits per heavy atom. The summed E-state index contributed by atoms with van der Waals surface area (Å²) < 4.78 is 12.6. The Kier molecular flexibility index (Phi) is 5.61. The van der Waals surface area contributed by atoms with Gasteiger partial charge in [0.1, 0.15) is 17.2 Å². The maximum absolute atomic E-state index is 12.9. The van der Waals surface area contributed by atoms with Gasteiger partial charge >= 0.3 is 0 Å². The number of benzene rings is 3. The summed E-state index contributed by atoms with van der Waals surface area (Å²) in [5.41, 5.74) is 3.72. The molecular formula is C26H21N5O3. The molecule has 0 aliphatic heterocycles. The molecule has 1 amide bonds. The molecule has 0 fully saturated rings. The molecule has 34 heavy (non-hydrogen) atoms. The molecule has 0 bridgehead atoms. The van der Waals surface area contributed by atoms with Crippen molar-refractivity contribution in [3.8, 4) is 28.4 Å². The van der Waals surface area contributed by atoms with E-state index in [1.165, 1.54) is 0 Å². The highest BCUT2D eigenvalue weighted by Crippen LogP contribution is 2.26. The molecule has 8 heteroatoms. The van der Waals surface area contributed by atoms with E-state index in [0.29, 0.717) is 22.8 Å². The first-order chi connectivity index (χ1) is 16.6. The Labute approximate surface area is 195 Å². The van der Waals surface area contributed by atoms with E-state index in [4.69, 9.17) is 9.47 Å². The normalized spacial score (nSPS) is 10.8. The zero-order chi connectivity index (χ0) is 23.5. The third kappa shape index (κ3) is 4.16. The van der Waals surface area contributed by atoms with Crippen molar-refractivity contribution in [2.75, 3.05) is 12.4 Å². The first-order valence-corrected chi connectivity index (χ1v) is 10.6. The van der Waals surface area contributed by atoms with Gasteiger partial charge in [0.15, 0.2) is 11.3 Å². The molecule has 0 unspecified atom stereocenters. The van der Waals surface area contributed by atoms with Gasteiger partial charge < -0.3 is 14.8 Å². The van der Waals surface area contributed by atoms with Crippen LogP contribution in [0.15, 0.2) is 85.1 Å². The summed E-state index contributed by atoms with van der Waals surface area (Å²) >= 11 is 0. The molecule has 0 saturated heterocycles. The lowest BCUT2D eigenvalue weighted by molar-refractivity contribution is 0.102. The number of nitrogens with one attached hydrogen (secondary N) is 1. The van der Waals surface area contributed by atoms with Crippen LogP contribution >= 0.6 is 0 Å². The van der Waals surface area contributed by atoms with E-state index in [9.17, 15) is 4.79 Å². The molecule has 0 atom stereocenters. The lowest BCUT2D eigenvalue weighted by atomic mass is 10.1. The fourth-order valence-electron chi connectivity index (χ4n) is 3.56. The van der Waals surface area contributed by atoms with Gasteiger partial charge in [0, 0.05) is 11.3 Å². The van der Waals surface area contributed by atoms with Gasteiger partial charge in [0.05, 0.1) is 19.0 Å². The number of methoxy groups -OCH3 is 1. The molecule has 8 nitrogen and oxygen atoms in total. The van der Waals surface area contributed by atoms with Gasteiger partial charge in [-0.3, -0.25) is 4.79 Å². The third-order valence-corrected chi connectivity index (χ3v) is 5.36.